The van der Waals surface area contributed by atoms with Gasteiger partial charge in [-0.25, -0.2) is 0 Å². The van der Waals surface area contributed by atoms with Crippen LogP contribution in [0.15, 0.2) is 182 Å². The van der Waals surface area contributed by atoms with Gasteiger partial charge in [-0.05, 0) is 0 Å². The molecule has 0 amide bonds. The zero-order valence-electron chi connectivity index (χ0n) is 24.5. The van der Waals surface area contributed by atoms with E-state index < -0.39 is 44.0 Å². The Morgan fingerprint density at radius 2 is 0.378 bits per heavy atom. The molecular formula is C39H30As3N3. The maximum atomic E-state index is 5.54. The van der Waals surface area contributed by atoms with Crippen molar-refractivity contribution in [3.8, 4) is 0 Å². The van der Waals surface area contributed by atoms with Crippen molar-refractivity contribution in [3.63, 3.8) is 0 Å². The summed E-state index contributed by atoms with van der Waals surface area (Å²) in [5, 5.41) is 0. The van der Waals surface area contributed by atoms with Crippen molar-refractivity contribution in [2.24, 2.45) is 0 Å². The predicted octanol–water partition coefficient (Wildman–Crippen LogP) is 1.42. The molecule has 7 aromatic rings. The molecule has 1 heterocycles. The third-order valence-corrected chi connectivity index (χ3v) is 21.3. The van der Waals surface area contributed by atoms with Crippen LogP contribution >= 0.6 is 0 Å². The van der Waals surface area contributed by atoms with Crippen LogP contribution in [0.5, 0.6) is 0 Å². The molecule has 6 heteroatoms. The van der Waals surface area contributed by atoms with Crippen LogP contribution in [-0.4, -0.2) is 58.9 Å². The van der Waals surface area contributed by atoms with Gasteiger partial charge in [0.1, 0.15) is 0 Å². The van der Waals surface area contributed by atoms with Crippen molar-refractivity contribution >= 4 is 83.9 Å². The van der Waals surface area contributed by atoms with Crippen LogP contribution in [-0.2, 0) is 0 Å². The Hall–Kier alpha value is -3.99. The zero-order valence-corrected chi connectivity index (χ0v) is 30.1. The van der Waals surface area contributed by atoms with Crippen molar-refractivity contribution in [2.45, 2.75) is 0 Å². The molecule has 0 unspecified atom stereocenters. The number of nitrogens with zero attached hydrogens (tertiary/aromatic N) is 3. The number of rotatable bonds is 9. The van der Waals surface area contributed by atoms with Gasteiger partial charge in [0, 0.05) is 0 Å². The van der Waals surface area contributed by atoms with Gasteiger partial charge in [-0.2, -0.15) is 0 Å². The average Bonchev–Trinajstić information content (AvgIpc) is 3.12. The van der Waals surface area contributed by atoms with Crippen molar-refractivity contribution in [2.75, 3.05) is 0 Å². The summed E-state index contributed by atoms with van der Waals surface area (Å²) < 4.78 is 10.8. The number of benzene rings is 6. The second-order valence-electron chi connectivity index (χ2n) is 10.3. The fraction of sp³-hybridized carbons (Fsp3) is 0. The Balaban J connectivity index is 1.52. The molecule has 0 saturated heterocycles. The van der Waals surface area contributed by atoms with Crippen molar-refractivity contribution in [3.05, 3.63) is 182 Å². The quantitative estimate of drug-likeness (QED) is 0.209. The molecule has 1 aromatic heterocycles. The molecule has 216 valence electrons. The van der Waals surface area contributed by atoms with Crippen LogP contribution in [0.2, 0.25) is 0 Å². The number of hydrogen-bond acceptors (Lipinski definition) is 3. The normalized spacial score (nSPS) is 11.3. The topological polar surface area (TPSA) is 38.7 Å². The summed E-state index contributed by atoms with van der Waals surface area (Å²) in [6.45, 7) is 0. The van der Waals surface area contributed by atoms with Gasteiger partial charge >= 0.3 is 281 Å². The molecule has 0 fully saturated rings. The van der Waals surface area contributed by atoms with E-state index in [9.17, 15) is 0 Å². The summed E-state index contributed by atoms with van der Waals surface area (Å²) in [5.74, 6) is 0. The Morgan fingerprint density at radius 1 is 0.222 bits per heavy atom. The second-order valence-corrected chi connectivity index (χ2v) is 23.5. The van der Waals surface area contributed by atoms with E-state index in [0.717, 1.165) is 13.8 Å². The monoisotopic (exact) mass is 765 g/mol. The Morgan fingerprint density at radius 3 is 0.533 bits per heavy atom. The van der Waals surface area contributed by atoms with E-state index in [2.05, 4.69) is 182 Å². The third kappa shape index (κ3) is 6.83. The van der Waals surface area contributed by atoms with Gasteiger partial charge in [-0.1, -0.05) is 0 Å². The summed E-state index contributed by atoms with van der Waals surface area (Å²) in [7, 11) is 0. The van der Waals surface area contributed by atoms with Crippen molar-refractivity contribution in [1.29, 1.82) is 0 Å². The first-order valence-electron chi connectivity index (χ1n) is 14.8. The van der Waals surface area contributed by atoms with E-state index >= 15 is 0 Å². The Labute approximate surface area is 278 Å². The third-order valence-electron chi connectivity index (χ3n) is 7.29. The van der Waals surface area contributed by atoms with E-state index in [0.29, 0.717) is 0 Å². The molecule has 6 aromatic carbocycles. The van der Waals surface area contributed by atoms with Crippen LogP contribution in [0.25, 0.3) is 0 Å². The first-order chi connectivity index (χ1) is 22.3. The molecule has 3 nitrogen and oxygen atoms in total. The minimum absolute atomic E-state index is 0.956. The van der Waals surface area contributed by atoms with Crippen LogP contribution in [0, 0.1) is 0 Å². The molecule has 7 rings (SSSR count). The second kappa shape index (κ2) is 14.4. The summed E-state index contributed by atoms with van der Waals surface area (Å²) >= 11 is -6.40. The molecule has 0 spiro atoms. The van der Waals surface area contributed by atoms with Crippen LogP contribution in [0.4, 0.5) is 0 Å². The fourth-order valence-corrected chi connectivity index (χ4v) is 19.5. The molecule has 0 atom stereocenters. The van der Waals surface area contributed by atoms with E-state index in [1.165, 1.54) is 26.1 Å². The van der Waals surface area contributed by atoms with E-state index in [1.54, 1.807) is 0 Å². The first-order valence-corrected chi connectivity index (χ1v) is 23.3. The van der Waals surface area contributed by atoms with Gasteiger partial charge in [-0.15, -0.1) is 0 Å². The standard InChI is InChI=1S/C39H30As3N3/c1-7-19-31(20-8-1)40(32-21-9-2-10-22-32)37-43-38(41(33-23-11-3-12-24-33)34-25-13-4-14-26-34)45-39(44-37)42(35-27-15-5-16-28-35)36-29-17-6-18-30-36/h1-30H. The molecule has 0 N–H and O–H groups in total. The van der Waals surface area contributed by atoms with Gasteiger partial charge < -0.3 is 0 Å². The summed E-state index contributed by atoms with van der Waals surface area (Å²) in [6, 6.07) is 65.3. The van der Waals surface area contributed by atoms with Crippen LogP contribution in [0.1, 0.15) is 0 Å². The molecule has 0 radical (unpaired) electrons. The molecular weight excluding hydrogens is 735 g/mol. The molecule has 0 aliphatic rings. The zero-order chi connectivity index (χ0) is 30.3. The Kier molecular flexibility index (Phi) is 9.51. The van der Waals surface area contributed by atoms with Gasteiger partial charge in [0.15, 0.2) is 0 Å². The molecule has 0 saturated carbocycles. The van der Waals surface area contributed by atoms with Gasteiger partial charge in [0.25, 0.3) is 0 Å². The average molecular weight is 765 g/mol. The number of aromatic nitrogens is 3. The summed E-state index contributed by atoms with van der Waals surface area (Å²) in [5.41, 5.74) is 0. The van der Waals surface area contributed by atoms with Crippen LogP contribution in [0.3, 0.4) is 0 Å². The SMILES string of the molecule is c1ccc([As](c2ccccc2)c2nc([As](c3ccccc3)c3ccccc3)nc([As](c3ccccc3)c3ccccc3)n2)cc1. The molecule has 45 heavy (non-hydrogen) atoms. The molecule has 0 aliphatic heterocycles. The van der Waals surface area contributed by atoms with Crippen molar-refractivity contribution in [1.82, 2.24) is 15.0 Å². The van der Waals surface area contributed by atoms with E-state index in [1.807, 2.05) is 0 Å². The van der Waals surface area contributed by atoms with Crippen LogP contribution < -0.4 is 39.9 Å². The predicted molar refractivity (Wildman–Crippen MR) is 192 cm³/mol. The summed E-state index contributed by atoms with van der Waals surface area (Å²) in [4.78, 5) is 16.6. The Bertz CT molecular complexity index is 1580. The number of hydrogen-bond donors (Lipinski definition) is 0. The van der Waals surface area contributed by atoms with Gasteiger partial charge in [-0.3, -0.25) is 0 Å². The van der Waals surface area contributed by atoms with E-state index in [4.69, 9.17) is 15.0 Å². The minimum atomic E-state index is -2.13. The summed E-state index contributed by atoms with van der Waals surface area (Å²) in [6.07, 6.45) is 0. The maximum absolute atomic E-state index is 5.54. The fourth-order valence-electron chi connectivity index (χ4n) is 5.25. The van der Waals surface area contributed by atoms with Gasteiger partial charge in [0.05, 0.1) is 0 Å². The first kappa shape index (κ1) is 29.7. The molecule has 0 bridgehead atoms. The van der Waals surface area contributed by atoms with Gasteiger partial charge in [0.2, 0.25) is 0 Å². The van der Waals surface area contributed by atoms with E-state index in [-0.39, 0.29) is 0 Å². The van der Waals surface area contributed by atoms with Crippen molar-refractivity contribution < 1.29 is 0 Å². The molecule has 0 aliphatic carbocycles.